The molecule has 142 valence electrons. The van der Waals surface area contributed by atoms with Crippen LogP contribution in [0.15, 0.2) is 53.4 Å². The topological polar surface area (TPSA) is 85.1 Å². The molecular weight excluding hydrogens is 417 g/mol. The largest absolute Gasteiger partial charge is 0.366 e. The molecule has 3 rings (SSSR count). The van der Waals surface area contributed by atoms with Gasteiger partial charge in [0.25, 0.3) is 5.91 Å². The van der Waals surface area contributed by atoms with E-state index in [0.717, 1.165) is 11.1 Å². The molecule has 0 saturated heterocycles. The first-order valence-corrected chi connectivity index (χ1v) is 9.77. The van der Waals surface area contributed by atoms with Crippen molar-refractivity contribution in [2.24, 2.45) is 5.73 Å². The Balaban J connectivity index is 1.71. The average Bonchev–Trinajstić information content (AvgIpc) is 3.13. The van der Waals surface area contributed by atoms with E-state index in [9.17, 15) is 9.59 Å². The summed E-state index contributed by atoms with van der Waals surface area (Å²) in [5.41, 5.74) is 8.42. The average molecular weight is 432 g/mol. The molecule has 0 bridgehead atoms. The summed E-state index contributed by atoms with van der Waals surface area (Å²) in [5, 5.41) is 5.99. The number of rotatable bonds is 5. The Labute approximate surface area is 175 Å². The Hall–Kier alpha value is -2.67. The van der Waals surface area contributed by atoms with Crippen molar-refractivity contribution < 1.29 is 9.59 Å². The van der Waals surface area contributed by atoms with Gasteiger partial charge < -0.3 is 5.73 Å². The van der Waals surface area contributed by atoms with Crippen LogP contribution in [-0.4, -0.2) is 16.8 Å². The van der Waals surface area contributed by atoms with E-state index in [1.54, 1.807) is 49.4 Å². The SMILES string of the molecule is CC(=Cc1ccc(C(=O)Nc2nc(-c3ccc(Cl)c(Cl)c3)cs2)cc1)C(N)=O. The van der Waals surface area contributed by atoms with E-state index in [4.69, 9.17) is 28.9 Å². The number of aromatic nitrogens is 1. The van der Waals surface area contributed by atoms with Crippen LogP contribution in [0.4, 0.5) is 5.13 Å². The van der Waals surface area contributed by atoms with Crippen molar-refractivity contribution in [2.45, 2.75) is 6.92 Å². The summed E-state index contributed by atoms with van der Waals surface area (Å²) in [7, 11) is 0. The maximum absolute atomic E-state index is 12.4. The molecule has 0 unspecified atom stereocenters. The van der Waals surface area contributed by atoms with Crippen molar-refractivity contribution in [1.29, 1.82) is 0 Å². The number of nitrogens with one attached hydrogen (secondary N) is 1. The minimum absolute atomic E-state index is 0.280. The third-order valence-electron chi connectivity index (χ3n) is 3.88. The van der Waals surface area contributed by atoms with E-state index in [2.05, 4.69) is 10.3 Å². The van der Waals surface area contributed by atoms with Crippen LogP contribution in [0.2, 0.25) is 10.0 Å². The number of primary amides is 1. The molecule has 0 aliphatic rings. The van der Waals surface area contributed by atoms with Crippen molar-refractivity contribution >= 4 is 57.6 Å². The maximum atomic E-state index is 12.4. The highest BCUT2D eigenvalue weighted by molar-refractivity contribution is 7.14. The number of benzene rings is 2. The fourth-order valence-electron chi connectivity index (χ4n) is 2.34. The Morgan fingerprint density at radius 1 is 1.11 bits per heavy atom. The van der Waals surface area contributed by atoms with Gasteiger partial charge in [0.1, 0.15) is 0 Å². The maximum Gasteiger partial charge on any atom is 0.257 e. The number of halogens is 2. The molecule has 28 heavy (non-hydrogen) atoms. The number of thiazole rings is 1. The highest BCUT2D eigenvalue weighted by atomic mass is 35.5. The minimum Gasteiger partial charge on any atom is -0.366 e. The predicted molar refractivity (Wildman–Crippen MR) is 115 cm³/mol. The third kappa shape index (κ3) is 4.78. The predicted octanol–water partition coefficient (Wildman–Crippen LogP) is 5.26. The monoisotopic (exact) mass is 431 g/mol. The van der Waals surface area contributed by atoms with Crippen LogP contribution >= 0.6 is 34.5 Å². The van der Waals surface area contributed by atoms with Gasteiger partial charge in [-0.25, -0.2) is 4.98 Å². The summed E-state index contributed by atoms with van der Waals surface area (Å²) in [6, 6.07) is 12.1. The number of amides is 2. The number of anilines is 1. The highest BCUT2D eigenvalue weighted by Gasteiger charge is 2.11. The Kier molecular flexibility index (Phi) is 6.14. The fraction of sp³-hybridized carbons (Fsp3) is 0.0500. The molecule has 3 N–H and O–H groups in total. The summed E-state index contributed by atoms with van der Waals surface area (Å²) < 4.78 is 0. The number of hydrogen-bond donors (Lipinski definition) is 2. The van der Waals surface area contributed by atoms with Crippen LogP contribution < -0.4 is 11.1 Å². The van der Waals surface area contributed by atoms with Crippen molar-refractivity contribution in [3.8, 4) is 11.3 Å². The van der Waals surface area contributed by atoms with Crippen LogP contribution in [0.5, 0.6) is 0 Å². The van der Waals surface area contributed by atoms with Gasteiger partial charge in [0.05, 0.1) is 15.7 Å². The lowest BCUT2D eigenvalue weighted by Gasteiger charge is -2.03. The van der Waals surface area contributed by atoms with E-state index in [1.165, 1.54) is 11.3 Å². The second kappa shape index (κ2) is 8.56. The molecule has 8 heteroatoms. The van der Waals surface area contributed by atoms with E-state index in [-0.39, 0.29) is 5.91 Å². The minimum atomic E-state index is -0.483. The van der Waals surface area contributed by atoms with Gasteiger partial charge in [-0.2, -0.15) is 0 Å². The first-order chi connectivity index (χ1) is 13.3. The molecule has 0 aliphatic heterocycles. The zero-order valence-electron chi connectivity index (χ0n) is 14.7. The summed E-state index contributed by atoms with van der Waals surface area (Å²) in [4.78, 5) is 27.9. The van der Waals surface area contributed by atoms with Gasteiger partial charge >= 0.3 is 0 Å². The summed E-state index contributed by atoms with van der Waals surface area (Å²) >= 11 is 13.3. The number of carbonyl (C=O) groups excluding carboxylic acids is 2. The summed E-state index contributed by atoms with van der Waals surface area (Å²) in [6.45, 7) is 1.64. The molecule has 0 atom stereocenters. The third-order valence-corrected chi connectivity index (χ3v) is 5.38. The van der Waals surface area contributed by atoms with Crippen LogP contribution in [0.25, 0.3) is 17.3 Å². The van der Waals surface area contributed by atoms with Crippen molar-refractivity contribution in [3.63, 3.8) is 0 Å². The van der Waals surface area contributed by atoms with Gasteiger partial charge in [-0.15, -0.1) is 11.3 Å². The molecule has 2 amide bonds. The second-order valence-electron chi connectivity index (χ2n) is 5.93. The Morgan fingerprint density at radius 2 is 1.82 bits per heavy atom. The van der Waals surface area contributed by atoms with Crippen molar-refractivity contribution in [2.75, 3.05) is 5.32 Å². The van der Waals surface area contributed by atoms with E-state index >= 15 is 0 Å². The van der Waals surface area contributed by atoms with Gasteiger partial charge in [-0.3, -0.25) is 14.9 Å². The molecule has 0 aliphatic carbocycles. The van der Waals surface area contributed by atoms with E-state index in [1.807, 2.05) is 11.4 Å². The quantitative estimate of drug-likeness (QED) is 0.540. The van der Waals surface area contributed by atoms with Crippen molar-refractivity contribution in [1.82, 2.24) is 4.98 Å². The first kappa shape index (κ1) is 20.1. The van der Waals surface area contributed by atoms with Crippen LogP contribution in [0, 0.1) is 0 Å². The number of carbonyl (C=O) groups is 2. The Bertz CT molecular complexity index is 1080. The molecule has 1 heterocycles. The molecule has 3 aromatic rings. The number of nitrogens with zero attached hydrogens (tertiary/aromatic N) is 1. The first-order valence-electron chi connectivity index (χ1n) is 8.14. The standard InChI is InChI=1S/C20H15Cl2N3O2S/c1-11(18(23)26)8-12-2-4-13(5-3-12)19(27)25-20-24-17(10-28-20)14-6-7-15(21)16(22)9-14/h2-10H,1H3,(H2,23,26)(H,24,25,27). The van der Waals surface area contributed by atoms with E-state index < -0.39 is 5.91 Å². The van der Waals surface area contributed by atoms with Crippen LogP contribution in [-0.2, 0) is 4.79 Å². The van der Waals surface area contributed by atoms with Gasteiger partial charge in [-0.1, -0.05) is 41.4 Å². The lowest BCUT2D eigenvalue weighted by molar-refractivity contribution is -0.114. The van der Waals surface area contributed by atoms with Gasteiger partial charge in [0, 0.05) is 22.1 Å². The molecule has 0 saturated carbocycles. The normalized spacial score (nSPS) is 11.3. The van der Waals surface area contributed by atoms with Gasteiger partial charge in [0.2, 0.25) is 5.91 Å². The molecule has 0 fully saturated rings. The lowest BCUT2D eigenvalue weighted by atomic mass is 10.1. The lowest BCUT2D eigenvalue weighted by Crippen LogP contribution is -2.12. The molecule has 0 radical (unpaired) electrons. The Morgan fingerprint density at radius 3 is 2.46 bits per heavy atom. The van der Waals surface area contributed by atoms with Crippen LogP contribution in [0.1, 0.15) is 22.8 Å². The number of hydrogen-bond acceptors (Lipinski definition) is 4. The summed E-state index contributed by atoms with van der Waals surface area (Å²) in [6.07, 6.45) is 1.66. The summed E-state index contributed by atoms with van der Waals surface area (Å²) in [5.74, 6) is -0.763. The molecule has 5 nitrogen and oxygen atoms in total. The molecule has 2 aromatic carbocycles. The number of nitrogens with two attached hydrogens (primary N) is 1. The van der Waals surface area contributed by atoms with Crippen molar-refractivity contribution in [3.05, 3.63) is 74.6 Å². The second-order valence-corrected chi connectivity index (χ2v) is 7.61. The van der Waals surface area contributed by atoms with Gasteiger partial charge in [0.15, 0.2) is 5.13 Å². The highest BCUT2D eigenvalue weighted by Crippen LogP contribution is 2.30. The fourth-order valence-corrected chi connectivity index (χ4v) is 3.35. The van der Waals surface area contributed by atoms with Gasteiger partial charge in [-0.05, 0) is 42.8 Å². The van der Waals surface area contributed by atoms with E-state index in [0.29, 0.717) is 32.0 Å². The molecular formula is C20H15Cl2N3O2S. The molecule has 0 spiro atoms. The zero-order valence-corrected chi connectivity index (χ0v) is 17.0. The van der Waals surface area contributed by atoms with Crippen LogP contribution in [0.3, 0.4) is 0 Å². The zero-order chi connectivity index (χ0) is 20.3. The molecule has 1 aromatic heterocycles. The smallest absolute Gasteiger partial charge is 0.257 e.